The largest absolute Gasteiger partial charge is 0.495 e. The van der Waals surface area contributed by atoms with Crippen LogP contribution in [0.1, 0.15) is 60.3 Å². The Kier molecular flexibility index (Phi) is 7.07. The molecule has 7 rings (SSSR count). The number of amides is 3. The number of para-hydroxylation sites is 2. The number of nitrogens with one attached hydrogen (secondary N) is 1. The SMILES string of the molecule is CCCC[C@H](C(=O)OCC(=O)Nc1ccccc1OC)N1C(=O)[C@@H]2C3c4ccccc4C(c4ccccc43)[C@@H]2C1=O. The fourth-order valence-corrected chi connectivity index (χ4v) is 6.92. The Morgan fingerprint density at radius 3 is 1.85 bits per heavy atom. The zero-order valence-corrected chi connectivity index (χ0v) is 23.0. The number of likely N-dealkylation sites (tertiary alicyclic amines) is 1. The molecule has 3 aliphatic carbocycles. The first-order chi connectivity index (χ1) is 20.0. The van der Waals surface area contributed by atoms with Crippen LogP contribution in [0.15, 0.2) is 72.8 Å². The first-order valence-electron chi connectivity index (χ1n) is 14.1. The van der Waals surface area contributed by atoms with Gasteiger partial charge in [0.1, 0.15) is 11.8 Å². The first-order valence-corrected chi connectivity index (χ1v) is 14.1. The van der Waals surface area contributed by atoms with E-state index in [1.807, 2.05) is 55.5 Å². The molecule has 3 aromatic rings. The highest BCUT2D eigenvalue weighted by molar-refractivity contribution is 6.10. The van der Waals surface area contributed by atoms with Crippen molar-refractivity contribution in [1.29, 1.82) is 0 Å². The van der Waals surface area contributed by atoms with E-state index in [-0.39, 0.29) is 30.1 Å². The molecule has 0 aromatic heterocycles. The number of methoxy groups -OCH3 is 1. The molecule has 0 saturated carbocycles. The number of hydrogen-bond acceptors (Lipinski definition) is 6. The van der Waals surface area contributed by atoms with Gasteiger partial charge in [0.15, 0.2) is 6.61 Å². The molecule has 0 spiro atoms. The summed E-state index contributed by atoms with van der Waals surface area (Å²) in [5.41, 5.74) is 4.73. The van der Waals surface area contributed by atoms with Gasteiger partial charge in [0.2, 0.25) is 11.8 Å². The van der Waals surface area contributed by atoms with Crippen LogP contribution in [0.3, 0.4) is 0 Å². The molecule has 0 unspecified atom stereocenters. The lowest BCUT2D eigenvalue weighted by atomic mass is 9.55. The summed E-state index contributed by atoms with van der Waals surface area (Å²) in [5.74, 6) is -3.18. The zero-order chi connectivity index (χ0) is 28.7. The molecule has 1 fully saturated rings. The molecule has 3 atom stereocenters. The molecular formula is C33H32N2O6. The Morgan fingerprint density at radius 2 is 1.34 bits per heavy atom. The summed E-state index contributed by atoms with van der Waals surface area (Å²) in [6.45, 7) is 1.43. The summed E-state index contributed by atoms with van der Waals surface area (Å²) in [6.07, 6.45) is 1.66. The second kappa shape index (κ2) is 10.8. The van der Waals surface area contributed by atoms with E-state index in [0.717, 1.165) is 33.6 Å². The maximum atomic E-state index is 14.1. The number of imide groups is 1. The Bertz CT molecular complexity index is 1420. The number of hydrogen-bond donors (Lipinski definition) is 1. The summed E-state index contributed by atoms with van der Waals surface area (Å²) in [4.78, 5) is 55.5. The molecule has 8 nitrogen and oxygen atoms in total. The smallest absolute Gasteiger partial charge is 0.329 e. The number of ether oxygens (including phenoxy) is 2. The van der Waals surface area contributed by atoms with Crippen LogP contribution in [0.4, 0.5) is 5.69 Å². The third-order valence-corrected chi connectivity index (χ3v) is 8.62. The average molecular weight is 553 g/mol. The van der Waals surface area contributed by atoms with Gasteiger partial charge >= 0.3 is 5.97 Å². The maximum Gasteiger partial charge on any atom is 0.329 e. The van der Waals surface area contributed by atoms with Crippen LogP contribution in [0.2, 0.25) is 0 Å². The van der Waals surface area contributed by atoms with Gasteiger partial charge in [-0.15, -0.1) is 0 Å². The van der Waals surface area contributed by atoms with Crippen molar-refractivity contribution in [3.05, 3.63) is 95.1 Å². The predicted octanol–water partition coefficient (Wildman–Crippen LogP) is 4.63. The van der Waals surface area contributed by atoms with E-state index < -0.39 is 36.4 Å². The van der Waals surface area contributed by atoms with Gasteiger partial charge in [-0.1, -0.05) is 80.4 Å². The van der Waals surface area contributed by atoms with Gasteiger partial charge < -0.3 is 14.8 Å². The summed E-state index contributed by atoms with van der Waals surface area (Å²) in [5, 5.41) is 2.68. The van der Waals surface area contributed by atoms with Crippen LogP contribution >= 0.6 is 0 Å². The summed E-state index contributed by atoms with van der Waals surface area (Å²) in [6, 6.07) is 21.9. The van der Waals surface area contributed by atoms with Crippen molar-refractivity contribution < 1.29 is 28.7 Å². The summed E-state index contributed by atoms with van der Waals surface area (Å²) >= 11 is 0. The molecule has 1 N–H and O–H groups in total. The minimum atomic E-state index is -1.09. The fraction of sp³-hybridized carbons (Fsp3) is 0.333. The van der Waals surface area contributed by atoms with Crippen molar-refractivity contribution in [3.63, 3.8) is 0 Å². The number of rotatable bonds is 9. The van der Waals surface area contributed by atoms with Crippen molar-refractivity contribution in [1.82, 2.24) is 4.90 Å². The maximum absolute atomic E-state index is 14.1. The summed E-state index contributed by atoms with van der Waals surface area (Å²) in [7, 11) is 1.49. The van der Waals surface area contributed by atoms with E-state index in [1.54, 1.807) is 24.3 Å². The lowest BCUT2D eigenvalue weighted by molar-refractivity contribution is -0.160. The van der Waals surface area contributed by atoms with Gasteiger partial charge in [-0.05, 0) is 40.8 Å². The monoisotopic (exact) mass is 552 g/mol. The Hall–Kier alpha value is -4.46. The zero-order valence-electron chi connectivity index (χ0n) is 23.0. The predicted molar refractivity (Wildman–Crippen MR) is 151 cm³/mol. The lowest BCUT2D eigenvalue weighted by Gasteiger charge is -2.45. The van der Waals surface area contributed by atoms with E-state index in [0.29, 0.717) is 17.9 Å². The van der Waals surface area contributed by atoms with Gasteiger partial charge in [-0.2, -0.15) is 0 Å². The highest BCUT2D eigenvalue weighted by atomic mass is 16.5. The Morgan fingerprint density at radius 1 is 0.829 bits per heavy atom. The van der Waals surface area contributed by atoms with Crippen LogP contribution in [0.5, 0.6) is 5.75 Å². The van der Waals surface area contributed by atoms with Crippen molar-refractivity contribution in [2.24, 2.45) is 11.8 Å². The number of esters is 1. The standard InChI is InChI=1S/C33H32N2O6/c1-3-4-16-24(33(39)41-18-26(36)34-23-15-9-10-17-25(23)40-2)35-31(37)29-27-19-11-5-6-12-20(19)28(30(29)32(35)38)22-14-8-7-13-21(22)27/h5-15,17,24,27-30H,3-4,16,18H2,1-2H3,(H,34,36)/t24-,27?,28?,29-,30+/m1/s1. The second-order valence-electron chi connectivity index (χ2n) is 10.8. The van der Waals surface area contributed by atoms with E-state index in [1.165, 1.54) is 7.11 Å². The van der Waals surface area contributed by atoms with Gasteiger partial charge in [0.05, 0.1) is 24.6 Å². The van der Waals surface area contributed by atoms with Crippen molar-refractivity contribution in [2.75, 3.05) is 19.0 Å². The quantitative estimate of drug-likeness (QED) is 0.307. The molecule has 3 amide bonds. The van der Waals surface area contributed by atoms with Gasteiger partial charge in [0.25, 0.3) is 5.91 Å². The highest BCUT2D eigenvalue weighted by Gasteiger charge is 2.63. The molecule has 4 aliphatic rings. The minimum Gasteiger partial charge on any atom is -0.495 e. The number of carbonyl (C=O) groups is 4. The van der Waals surface area contributed by atoms with E-state index in [2.05, 4.69) is 5.32 Å². The molecule has 2 bridgehead atoms. The van der Waals surface area contributed by atoms with E-state index in [9.17, 15) is 19.2 Å². The van der Waals surface area contributed by atoms with Crippen LogP contribution in [0.25, 0.3) is 0 Å². The topological polar surface area (TPSA) is 102 Å². The third kappa shape index (κ3) is 4.38. The molecule has 8 heteroatoms. The van der Waals surface area contributed by atoms with Crippen LogP contribution in [-0.4, -0.2) is 48.3 Å². The fourth-order valence-electron chi connectivity index (χ4n) is 6.92. The number of nitrogens with zero attached hydrogens (tertiary/aromatic N) is 1. The summed E-state index contributed by atoms with van der Waals surface area (Å²) < 4.78 is 10.7. The van der Waals surface area contributed by atoms with Gasteiger partial charge in [-0.25, -0.2) is 4.79 Å². The molecule has 210 valence electrons. The average Bonchev–Trinajstić information content (AvgIpc) is 3.26. The van der Waals surface area contributed by atoms with E-state index >= 15 is 0 Å². The van der Waals surface area contributed by atoms with Crippen molar-refractivity contribution >= 4 is 29.4 Å². The Balaban J connectivity index is 1.26. The second-order valence-corrected chi connectivity index (χ2v) is 10.8. The first kappa shape index (κ1) is 26.7. The third-order valence-electron chi connectivity index (χ3n) is 8.62. The molecule has 41 heavy (non-hydrogen) atoms. The van der Waals surface area contributed by atoms with Crippen LogP contribution in [-0.2, 0) is 23.9 Å². The molecule has 3 aromatic carbocycles. The lowest BCUT2D eigenvalue weighted by Crippen LogP contribution is -2.47. The number of anilines is 1. The normalized spacial score (nSPS) is 22.4. The van der Waals surface area contributed by atoms with Crippen LogP contribution in [0, 0.1) is 11.8 Å². The van der Waals surface area contributed by atoms with Crippen molar-refractivity contribution in [2.45, 2.75) is 44.1 Å². The van der Waals surface area contributed by atoms with Gasteiger partial charge in [-0.3, -0.25) is 19.3 Å². The molecule has 1 heterocycles. The minimum absolute atomic E-state index is 0.256. The van der Waals surface area contributed by atoms with Crippen LogP contribution < -0.4 is 10.1 Å². The number of unbranched alkanes of at least 4 members (excludes halogenated alkanes) is 1. The Labute approximate surface area is 238 Å². The molecule has 1 saturated heterocycles. The number of carbonyl (C=O) groups excluding carboxylic acids is 4. The molecular weight excluding hydrogens is 520 g/mol. The van der Waals surface area contributed by atoms with Crippen molar-refractivity contribution in [3.8, 4) is 5.75 Å². The molecule has 1 aliphatic heterocycles. The highest BCUT2D eigenvalue weighted by Crippen LogP contribution is 2.61. The number of benzene rings is 3. The molecule has 0 radical (unpaired) electrons. The van der Waals surface area contributed by atoms with E-state index in [4.69, 9.17) is 9.47 Å². The van der Waals surface area contributed by atoms with Gasteiger partial charge in [0, 0.05) is 11.8 Å².